The first-order valence-corrected chi connectivity index (χ1v) is 6.04. The van der Waals surface area contributed by atoms with Crippen molar-refractivity contribution < 1.29 is 18.9 Å². The predicted octanol–water partition coefficient (Wildman–Crippen LogP) is 0.738. The van der Waals surface area contributed by atoms with Crippen LogP contribution in [0.1, 0.15) is 20.3 Å². The van der Waals surface area contributed by atoms with Gasteiger partial charge in [0.15, 0.2) is 12.6 Å². The minimum atomic E-state index is -0.104. The molecule has 1 aliphatic heterocycles. The summed E-state index contributed by atoms with van der Waals surface area (Å²) < 4.78 is 21.5. The number of hydrogen-bond donors (Lipinski definition) is 1. The van der Waals surface area contributed by atoms with Gasteiger partial charge < -0.3 is 24.3 Å². The van der Waals surface area contributed by atoms with Gasteiger partial charge in [-0.1, -0.05) is 0 Å². The van der Waals surface area contributed by atoms with E-state index in [1.165, 1.54) is 0 Å². The van der Waals surface area contributed by atoms with Crippen LogP contribution in [0.2, 0.25) is 0 Å². The van der Waals surface area contributed by atoms with Crippen molar-refractivity contribution in [3.8, 4) is 0 Å². The largest absolute Gasteiger partial charge is 0.353 e. The Bertz CT molecular complexity index is 156. The number of hydrogen-bond acceptors (Lipinski definition) is 5. The van der Waals surface area contributed by atoms with Gasteiger partial charge in [-0.3, -0.25) is 0 Å². The third-order valence-electron chi connectivity index (χ3n) is 2.26. The monoisotopic (exact) mass is 233 g/mol. The minimum Gasteiger partial charge on any atom is -0.353 e. The molecule has 0 radical (unpaired) electrons. The molecule has 5 nitrogen and oxygen atoms in total. The minimum absolute atomic E-state index is 0.0855. The van der Waals surface area contributed by atoms with Crippen molar-refractivity contribution in [1.82, 2.24) is 5.32 Å². The first-order chi connectivity index (χ1) is 7.86. The van der Waals surface area contributed by atoms with Crippen LogP contribution in [0.3, 0.4) is 0 Å². The molecule has 1 heterocycles. The summed E-state index contributed by atoms with van der Waals surface area (Å²) in [4.78, 5) is 0. The molecule has 0 aromatic rings. The Morgan fingerprint density at radius 1 is 1.19 bits per heavy atom. The second-order valence-electron chi connectivity index (χ2n) is 3.50. The van der Waals surface area contributed by atoms with Crippen molar-refractivity contribution in [2.75, 3.05) is 39.5 Å². The van der Waals surface area contributed by atoms with Crippen LogP contribution in [0.4, 0.5) is 0 Å². The van der Waals surface area contributed by atoms with E-state index in [0.717, 1.165) is 19.5 Å². The fraction of sp³-hybridized carbons (Fsp3) is 1.00. The van der Waals surface area contributed by atoms with Gasteiger partial charge in [-0.2, -0.15) is 0 Å². The van der Waals surface area contributed by atoms with Gasteiger partial charge in [0.25, 0.3) is 0 Å². The summed E-state index contributed by atoms with van der Waals surface area (Å²) in [6, 6.07) is 0. The summed E-state index contributed by atoms with van der Waals surface area (Å²) in [6.45, 7) is 8.27. The first-order valence-electron chi connectivity index (χ1n) is 6.04. The molecule has 0 saturated carbocycles. The molecule has 16 heavy (non-hydrogen) atoms. The molecule has 0 aromatic carbocycles. The van der Waals surface area contributed by atoms with Crippen molar-refractivity contribution >= 4 is 0 Å². The molecule has 0 atom stereocenters. The average molecular weight is 233 g/mol. The normalized spacial score (nSPS) is 17.4. The maximum atomic E-state index is 5.43. The Morgan fingerprint density at radius 3 is 2.38 bits per heavy atom. The summed E-state index contributed by atoms with van der Waals surface area (Å²) in [5.74, 6) is 0. The number of rotatable bonds is 9. The van der Waals surface area contributed by atoms with Gasteiger partial charge in [0.05, 0.1) is 13.2 Å². The van der Waals surface area contributed by atoms with E-state index in [9.17, 15) is 0 Å². The van der Waals surface area contributed by atoms with Crippen LogP contribution in [0.5, 0.6) is 0 Å². The van der Waals surface area contributed by atoms with Crippen molar-refractivity contribution in [2.24, 2.45) is 0 Å². The van der Waals surface area contributed by atoms with E-state index in [4.69, 9.17) is 18.9 Å². The highest BCUT2D eigenvalue weighted by Crippen LogP contribution is 2.03. The van der Waals surface area contributed by atoms with E-state index < -0.39 is 0 Å². The van der Waals surface area contributed by atoms with Crippen molar-refractivity contribution in [3.63, 3.8) is 0 Å². The first kappa shape index (κ1) is 13.9. The quantitative estimate of drug-likeness (QED) is 0.470. The van der Waals surface area contributed by atoms with Crippen molar-refractivity contribution in [2.45, 2.75) is 32.8 Å². The zero-order valence-electron chi connectivity index (χ0n) is 10.2. The maximum Gasteiger partial charge on any atom is 0.170 e. The molecule has 0 aliphatic carbocycles. The number of ether oxygens (including phenoxy) is 4. The lowest BCUT2D eigenvalue weighted by molar-refractivity contribution is -0.139. The van der Waals surface area contributed by atoms with E-state index in [2.05, 4.69) is 5.32 Å². The van der Waals surface area contributed by atoms with Crippen LogP contribution in [-0.2, 0) is 18.9 Å². The van der Waals surface area contributed by atoms with E-state index >= 15 is 0 Å². The highest BCUT2D eigenvalue weighted by molar-refractivity contribution is 4.57. The van der Waals surface area contributed by atoms with Crippen LogP contribution in [0.25, 0.3) is 0 Å². The van der Waals surface area contributed by atoms with Crippen molar-refractivity contribution in [1.29, 1.82) is 0 Å². The highest BCUT2D eigenvalue weighted by atomic mass is 16.7. The molecule has 1 fully saturated rings. The van der Waals surface area contributed by atoms with Gasteiger partial charge in [0.2, 0.25) is 0 Å². The van der Waals surface area contributed by atoms with Crippen LogP contribution in [-0.4, -0.2) is 52.1 Å². The van der Waals surface area contributed by atoms with Gasteiger partial charge in [0, 0.05) is 32.7 Å². The summed E-state index contributed by atoms with van der Waals surface area (Å²) in [5.41, 5.74) is 0. The van der Waals surface area contributed by atoms with Gasteiger partial charge in [0.1, 0.15) is 0 Å². The van der Waals surface area contributed by atoms with Crippen LogP contribution >= 0.6 is 0 Å². The van der Waals surface area contributed by atoms with Crippen LogP contribution in [0, 0.1) is 0 Å². The highest BCUT2D eigenvalue weighted by Gasteiger charge is 2.15. The molecule has 0 unspecified atom stereocenters. The lowest BCUT2D eigenvalue weighted by Gasteiger charge is -2.17. The summed E-state index contributed by atoms with van der Waals surface area (Å²) in [6.07, 6.45) is 0.652. The van der Waals surface area contributed by atoms with E-state index in [-0.39, 0.29) is 12.6 Å². The Kier molecular flexibility index (Phi) is 7.71. The SMILES string of the molecule is CCOC(CCNCC1OCCO1)OCC. The molecule has 0 aromatic heterocycles. The van der Waals surface area contributed by atoms with Crippen LogP contribution in [0.15, 0.2) is 0 Å². The zero-order valence-corrected chi connectivity index (χ0v) is 10.2. The maximum absolute atomic E-state index is 5.43. The second-order valence-corrected chi connectivity index (χ2v) is 3.50. The fourth-order valence-electron chi connectivity index (χ4n) is 1.55. The topological polar surface area (TPSA) is 49.0 Å². The van der Waals surface area contributed by atoms with E-state index in [0.29, 0.717) is 26.4 Å². The lowest BCUT2D eigenvalue weighted by atomic mass is 10.4. The van der Waals surface area contributed by atoms with Crippen LogP contribution < -0.4 is 5.32 Å². The van der Waals surface area contributed by atoms with Gasteiger partial charge in [-0.15, -0.1) is 0 Å². The molecule has 1 N–H and O–H groups in total. The smallest absolute Gasteiger partial charge is 0.170 e. The molecular weight excluding hydrogens is 210 g/mol. The van der Waals surface area contributed by atoms with Gasteiger partial charge in [-0.25, -0.2) is 0 Å². The summed E-state index contributed by atoms with van der Waals surface area (Å²) >= 11 is 0. The van der Waals surface area contributed by atoms with Gasteiger partial charge in [-0.05, 0) is 13.8 Å². The van der Waals surface area contributed by atoms with E-state index in [1.54, 1.807) is 0 Å². The zero-order chi connectivity index (χ0) is 11.6. The Morgan fingerprint density at radius 2 is 1.81 bits per heavy atom. The molecule has 1 saturated heterocycles. The fourth-order valence-corrected chi connectivity index (χ4v) is 1.55. The Balaban J connectivity index is 1.98. The standard InChI is InChI=1S/C11H23NO4/c1-3-13-10(14-4-2)5-6-12-9-11-15-7-8-16-11/h10-12H,3-9H2,1-2H3. The lowest BCUT2D eigenvalue weighted by Crippen LogP contribution is -2.31. The molecule has 0 amide bonds. The Labute approximate surface area is 97.4 Å². The number of nitrogens with one attached hydrogen (secondary N) is 1. The van der Waals surface area contributed by atoms with Gasteiger partial charge >= 0.3 is 0 Å². The molecular formula is C11H23NO4. The molecule has 1 rings (SSSR count). The molecule has 1 aliphatic rings. The third-order valence-corrected chi connectivity index (χ3v) is 2.26. The third kappa shape index (κ3) is 5.77. The van der Waals surface area contributed by atoms with E-state index in [1.807, 2.05) is 13.8 Å². The predicted molar refractivity (Wildman–Crippen MR) is 60.2 cm³/mol. The summed E-state index contributed by atoms with van der Waals surface area (Å²) in [7, 11) is 0. The second kappa shape index (κ2) is 8.90. The average Bonchev–Trinajstić information content (AvgIpc) is 2.78. The van der Waals surface area contributed by atoms with Crippen molar-refractivity contribution in [3.05, 3.63) is 0 Å². The summed E-state index contributed by atoms with van der Waals surface area (Å²) in [5, 5.41) is 3.26. The molecule has 0 bridgehead atoms. The molecule has 96 valence electrons. The molecule has 0 spiro atoms. The Hall–Kier alpha value is -0.200. The molecule has 5 heteroatoms.